The van der Waals surface area contributed by atoms with Crippen LogP contribution in [0.2, 0.25) is 0 Å². The number of fused-ring (bicyclic) bond motifs is 1. The van der Waals surface area contributed by atoms with E-state index in [1.54, 1.807) is 18.5 Å². The quantitative estimate of drug-likeness (QED) is 0.684. The van der Waals surface area contributed by atoms with Crippen LogP contribution in [0.3, 0.4) is 0 Å². The van der Waals surface area contributed by atoms with E-state index in [4.69, 9.17) is 11.6 Å². The number of rotatable bonds is 3. The number of aromatic nitrogens is 3. The van der Waals surface area contributed by atoms with Crippen LogP contribution in [0, 0.1) is 5.82 Å². The Kier molecular flexibility index (Phi) is 3.40. The van der Waals surface area contributed by atoms with Gasteiger partial charge in [-0.15, -0.1) is 11.6 Å². The first-order valence-electron chi connectivity index (χ1n) is 6.34. The Morgan fingerprint density at radius 3 is 2.70 bits per heavy atom. The average Bonchev–Trinajstić information content (AvgIpc) is 2.81. The first-order chi connectivity index (χ1) is 9.66. The molecule has 1 atom stereocenters. The Balaban J connectivity index is 2.17. The normalized spacial score (nSPS) is 12.8. The molecule has 0 aliphatic heterocycles. The maximum Gasteiger partial charge on any atom is 0.151 e. The Morgan fingerprint density at radius 1 is 1.25 bits per heavy atom. The van der Waals surface area contributed by atoms with Gasteiger partial charge in [-0.1, -0.05) is 6.07 Å². The molecule has 1 aromatic carbocycles. The van der Waals surface area contributed by atoms with E-state index in [1.807, 2.05) is 29.7 Å². The highest BCUT2D eigenvalue weighted by Gasteiger charge is 2.17. The molecule has 0 fully saturated rings. The lowest BCUT2D eigenvalue weighted by Crippen LogP contribution is -2.05. The van der Waals surface area contributed by atoms with E-state index in [9.17, 15) is 4.39 Å². The zero-order chi connectivity index (χ0) is 14.1. The summed E-state index contributed by atoms with van der Waals surface area (Å²) in [5.41, 5.74) is 2.19. The van der Waals surface area contributed by atoms with Crippen molar-refractivity contribution in [2.75, 3.05) is 0 Å². The molecule has 0 spiro atoms. The third kappa shape index (κ3) is 2.27. The molecule has 0 N–H and O–H groups in total. The maximum atomic E-state index is 13.9. The Labute approximate surface area is 121 Å². The topological polar surface area (TPSA) is 30.7 Å². The molecule has 20 heavy (non-hydrogen) atoms. The maximum absolute atomic E-state index is 13.9. The van der Waals surface area contributed by atoms with E-state index in [2.05, 4.69) is 9.97 Å². The smallest absolute Gasteiger partial charge is 0.151 e. The van der Waals surface area contributed by atoms with Gasteiger partial charge in [0.15, 0.2) is 5.82 Å². The van der Waals surface area contributed by atoms with Gasteiger partial charge in [0.2, 0.25) is 0 Å². The summed E-state index contributed by atoms with van der Waals surface area (Å²) in [6.07, 6.45) is 3.47. The van der Waals surface area contributed by atoms with E-state index >= 15 is 0 Å². The molecule has 0 aliphatic carbocycles. The standard InChI is InChI=1S/C15H13ClFN3/c1-10(16)15-19-14-12(17)3-2-4-13(14)20(15)9-11-5-7-18-8-6-11/h2-8,10H,9H2,1H3. The number of para-hydroxylation sites is 1. The first-order valence-corrected chi connectivity index (χ1v) is 6.78. The molecule has 1 unspecified atom stereocenters. The van der Waals surface area contributed by atoms with Crippen LogP contribution < -0.4 is 0 Å². The van der Waals surface area contributed by atoms with Crippen molar-refractivity contribution in [1.29, 1.82) is 0 Å². The van der Waals surface area contributed by atoms with E-state index < -0.39 is 0 Å². The highest BCUT2D eigenvalue weighted by molar-refractivity contribution is 6.20. The van der Waals surface area contributed by atoms with Crippen LogP contribution >= 0.6 is 11.6 Å². The fourth-order valence-electron chi connectivity index (χ4n) is 2.27. The molecule has 0 saturated heterocycles. The number of imidazole rings is 1. The van der Waals surface area contributed by atoms with Crippen molar-refractivity contribution in [2.24, 2.45) is 0 Å². The third-order valence-electron chi connectivity index (χ3n) is 3.21. The van der Waals surface area contributed by atoms with Crippen LogP contribution in [0.1, 0.15) is 23.7 Å². The Hall–Kier alpha value is -1.94. The number of hydrogen-bond acceptors (Lipinski definition) is 2. The predicted molar refractivity (Wildman–Crippen MR) is 77.3 cm³/mol. The van der Waals surface area contributed by atoms with Crippen molar-refractivity contribution in [3.05, 3.63) is 59.9 Å². The first kappa shape index (κ1) is 13.1. The van der Waals surface area contributed by atoms with Crippen LogP contribution in [0.5, 0.6) is 0 Å². The van der Waals surface area contributed by atoms with Gasteiger partial charge in [0.1, 0.15) is 11.3 Å². The van der Waals surface area contributed by atoms with Crippen molar-refractivity contribution in [2.45, 2.75) is 18.8 Å². The molecule has 5 heteroatoms. The summed E-state index contributed by atoms with van der Waals surface area (Å²) in [5.74, 6) is 0.345. The molecule has 0 bridgehead atoms. The van der Waals surface area contributed by atoms with Gasteiger partial charge in [-0.25, -0.2) is 9.37 Å². The van der Waals surface area contributed by atoms with Gasteiger partial charge < -0.3 is 4.57 Å². The molecule has 0 radical (unpaired) electrons. The van der Waals surface area contributed by atoms with Gasteiger partial charge in [0.25, 0.3) is 0 Å². The molecule has 0 amide bonds. The molecule has 2 aromatic heterocycles. The van der Waals surface area contributed by atoms with E-state index in [1.165, 1.54) is 6.07 Å². The highest BCUT2D eigenvalue weighted by Crippen LogP contribution is 2.26. The minimum atomic E-state index is -0.324. The minimum absolute atomic E-state index is 0.288. The average molecular weight is 290 g/mol. The fraction of sp³-hybridized carbons (Fsp3) is 0.200. The number of nitrogens with zero attached hydrogens (tertiary/aromatic N) is 3. The van der Waals surface area contributed by atoms with Crippen molar-refractivity contribution in [1.82, 2.24) is 14.5 Å². The summed E-state index contributed by atoms with van der Waals surface area (Å²) in [5, 5.41) is -0.288. The largest absolute Gasteiger partial charge is 0.322 e. The molecule has 102 valence electrons. The van der Waals surface area contributed by atoms with Crippen molar-refractivity contribution in [3.8, 4) is 0 Å². The van der Waals surface area contributed by atoms with Crippen LogP contribution in [0.15, 0.2) is 42.7 Å². The summed E-state index contributed by atoms with van der Waals surface area (Å²) >= 11 is 6.18. The van der Waals surface area contributed by atoms with E-state index in [-0.39, 0.29) is 11.2 Å². The molecule has 3 nitrogen and oxygen atoms in total. The molecule has 0 saturated carbocycles. The monoisotopic (exact) mass is 289 g/mol. The molecule has 2 heterocycles. The van der Waals surface area contributed by atoms with Gasteiger partial charge in [0.05, 0.1) is 10.9 Å². The van der Waals surface area contributed by atoms with E-state index in [0.717, 1.165) is 11.1 Å². The second kappa shape index (κ2) is 5.21. The lowest BCUT2D eigenvalue weighted by molar-refractivity contribution is 0.637. The number of pyridine rings is 1. The summed E-state index contributed by atoms with van der Waals surface area (Å²) in [6.45, 7) is 2.43. The van der Waals surface area contributed by atoms with Gasteiger partial charge in [-0.3, -0.25) is 4.98 Å². The lowest BCUT2D eigenvalue weighted by atomic mass is 10.2. The summed E-state index contributed by atoms with van der Waals surface area (Å²) in [7, 11) is 0. The van der Waals surface area contributed by atoms with Crippen LogP contribution in [-0.2, 0) is 6.54 Å². The summed E-state index contributed by atoms with van der Waals surface area (Å²) in [6, 6.07) is 8.80. The third-order valence-corrected chi connectivity index (χ3v) is 3.40. The SMILES string of the molecule is CC(Cl)c1nc2c(F)cccc2n1Cc1ccncc1. The van der Waals surface area contributed by atoms with Gasteiger partial charge in [-0.05, 0) is 36.8 Å². The van der Waals surface area contributed by atoms with Crippen LogP contribution in [0.25, 0.3) is 11.0 Å². The lowest BCUT2D eigenvalue weighted by Gasteiger charge is -2.10. The zero-order valence-corrected chi connectivity index (χ0v) is 11.7. The predicted octanol–water partition coefficient (Wildman–Crippen LogP) is 3.92. The molecule has 3 aromatic rings. The second-order valence-corrected chi connectivity index (χ2v) is 5.29. The van der Waals surface area contributed by atoms with Crippen LogP contribution in [-0.4, -0.2) is 14.5 Å². The number of halogens is 2. The molecule has 3 rings (SSSR count). The summed E-state index contributed by atoms with van der Waals surface area (Å²) in [4.78, 5) is 8.35. The van der Waals surface area contributed by atoms with Gasteiger partial charge in [0, 0.05) is 18.9 Å². The molecular formula is C15H13ClFN3. The van der Waals surface area contributed by atoms with Gasteiger partial charge in [-0.2, -0.15) is 0 Å². The number of hydrogen-bond donors (Lipinski definition) is 0. The van der Waals surface area contributed by atoms with Gasteiger partial charge >= 0.3 is 0 Å². The van der Waals surface area contributed by atoms with Crippen molar-refractivity contribution in [3.63, 3.8) is 0 Å². The second-order valence-electron chi connectivity index (χ2n) is 4.64. The van der Waals surface area contributed by atoms with Crippen LogP contribution in [0.4, 0.5) is 4.39 Å². The molecule has 0 aliphatic rings. The summed E-state index contributed by atoms with van der Waals surface area (Å²) < 4.78 is 15.8. The van der Waals surface area contributed by atoms with Crippen molar-refractivity contribution < 1.29 is 4.39 Å². The number of alkyl halides is 1. The fourth-order valence-corrected chi connectivity index (χ4v) is 2.44. The Morgan fingerprint density at radius 2 is 2.00 bits per heavy atom. The minimum Gasteiger partial charge on any atom is -0.322 e. The number of benzene rings is 1. The highest BCUT2D eigenvalue weighted by atomic mass is 35.5. The Bertz CT molecular complexity index is 737. The zero-order valence-electron chi connectivity index (χ0n) is 10.9. The molecular weight excluding hydrogens is 277 g/mol. The van der Waals surface area contributed by atoms with Crippen molar-refractivity contribution >= 4 is 22.6 Å². The van der Waals surface area contributed by atoms with E-state index in [0.29, 0.717) is 17.9 Å².